The lowest BCUT2D eigenvalue weighted by molar-refractivity contribution is 0.102. The van der Waals surface area contributed by atoms with Gasteiger partial charge < -0.3 is 20.1 Å². The van der Waals surface area contributed by atoms with E-state index < -0.39 is 44.7 Å². The van der Waals surface area contributed by atoms with Crippen molar-refractivity contribution >= 4 is 33.5 Å². The van der Waals surface area contributed by atoms with E-state index in [1.165, 1.54) is 0 Å². The van der Waals surface area contributed by atoms with Gasteiger partial charge in [-0.05, 0) is 69.6 Å². The van der Waals surface area contributed by atoms with Gasteiger partial charge in [0.05, 0.1) is 28.9 Å². The molecule has 1 amide bonds. The van der Waals surface area contributed by atoms with Crippen LogP contribution in [0.2, 0.25) is 0 Å². The Labute approximate surface area is 266 Å². The summed E-state index contributed by atoms with van der Waals surface area (Å²) in [6, 6.07) is 7.58. The van der Waals surface area contributed by atoms with E-state index >= 15 is 0 Å². The number of fused-ring (bicyclic) bond motifs is 1. The Balaban J connectivity index is 1.47. The van der Waals surface area contributed by atoms with E-state index in [0.717, 1.165) is 59.2 Å². The number of ether oxygens (including phenoxy) is 2. The predicted octanol–water partition coefficient (Wildman–Crippen LogP) is 4.21. The molecule has 5 rings (SSSR count). The largest absolute Gasteiger partial charge is 0.445 e. The van der Waals surface area contributed by atoms with Gasteiger partial charge in [0.1, 0.15) is 11.6 Å². The molecule has 3 aromatic rings. The van der Waals surface area contributed by atoms with Crippen LogP contribution in [0, 0.1) is 11.6 Å². The zero-order valence-electron chi connectivity index (χ0n) is 26.0. The Bertz CT molecular complexity index is 1690. The summed E-state index contributed by atoms with van der Waals surface area (Å²) in [6.45, 7) is 6.57. The number of hydrogen-bond donors (Lipinski definition) is 2. The summed E-state index contributed by atoms with van der Waals surface area (Å²) < 4.78 is 67.3. The first-order chi connectivity index (χ1) is 22.0. The molecule has 0 bridgehead atoms. The fraction of sp³-hybridized carbons (Fsp3) is 0.452. The van der Waals surface area contributed by atoms with Gasteiger partial charge >= 0.3 is 6.09 Å². The number of amides is 1. The van der Waals surface area contributed by atoms with Gasteiger partial charge in [-0.25, -0.2) is 22.0 Å². The van der Waals surface area contributed by atoms with Gasteiger partial charge in [-0.3, -0.25) is 9.69 Å². The lowest BCUT2D eigenvalue weighted by atomic mass is 10.1. The van der Waals surface area contributed by atoms with E-state index in [1.807, 2.05) is 12.1 Å². The van der Waals surface area contributed by atoms with Crippen molar-refractivity contribution in [1.29, 1.82) is 0 Å². The molecule has 2 aliphatic heterocycles. The van der Waals surface area contributed by atoms with Gasteiger partial charge in [0.2, 0.25) is 10.0 Å². The third-order valence-electron chi connectivity index (χ3n) is 7.79. The molecule has 2 aliphatic rings. The van der Waals surface area contributed by atoms with Gasteiger partial charge in [-0.1, -0.05) is 6.07 Å². The molecule has 1 saturated heterocycles. The van der Waals surface area contributed by atoms with Crippen molar-refractivity contribution in [3.05, 3.63) is 70.4 Å². The molecule has 15 heteroatoms. The SMILES string of the molecule is COCCNc1cc(CN2CCCC2)ccc1C(=O)Nc1nn(C(=O)OC(C)C)c2c1CN(S(=O)(=O)c1cc(F)cc(F)c1)CC2. The molecule has 1 fully saturated rings. The average Bonchev–Trinajstić information content (AvgIpc) is 3.64. The van der Waals surface area contributed by atoms with Crippen LogP contribution in [0.5, 0.6) is 0 Å². The topological polar surface area (TPSA) is 135 Å². The van der Waals surface area contributed by atoms with Crippen LogP contribution in [0.1, 0.15) is 53.9 Å². The van der Waals surface area contributed by atoms with Crippen molar-refractivity contribution in [2.75, 3.05) is 50.5 Å². The summed E-state index contributed by atoms with van der Waals surface area (Å²) in [4.78, 5) is 28.5. The van der Waals surface area contributed by atoms with Crippen LogP contribution in [-0.2, 0) is 39.0 Å². The Morgan fingerprint density at radius 3 is 2.43 bits per heavy atom. The minimum atomic E-state index is -4.35. The number of benzene rings is 2. The van der Waals surface area contributed by atoms with E-state index in [0.29, 0.717) is 36.2 Å². The third-order valence-corrected chi connectivity index (χ3v) is 9.62. The second kappa shape index (κ2) is 14.2. The second-order valence-corrected chi connectivity index (χ2v) is 13.5. The fourth-order valence-corrected chi connectivity index (χ4v) is 7.08. The average molecular weight is 661 g/mol. The van der Waals surface area contributed by atoms with Gasteiger partial charge in [0.15, 0.2) is 5.82 Å². The number of aromatic nitrogens is 2. The molecule has 2 N–H and O–H groups in total. The fourth-order valence-electron chi connectivity index (χ4n) is 5.62. The molecule has 1 aromatic heterocycles. The number of rotatable bonds is 11. The number of anilines is 2. The molecule has 0 atom stereocenters. The molecule has 248 valence electrons. The molecule has 0 spiro atoms. The predicted molar refractivity (Wildman–Crippen MR) is 166 cm³/mol. The normalized spacial score (nSPS) is 15.6. The summed E-state index contributed by atoms with van der Waals surface area (Å²) >= 11 is 0. The second-order valence-electron chi connectivity index (χ2n) is 11.5. The van der Waals surface area contributed by atoms with Crippen molar-refractivity contribution < 1.29 is 36.3 Å². The number of halogens is 2. The molecule has 3 heterocycles. The minimum absolute atomic E-state index is 0.0252. The first-order valence-electron chi connectivity index (χ1n) is 15.1. The number of methoxy groups -OCH3 is 1. The van der Waals surface area contributed by atoms with E-state index in [-0.39, 0.29) is 30.9 Å². The van der Waals surface area contributed by atoms with Crippen molar-refractivity contribution in [2.45, 2.75) is 57.2 Å². The highest BCUT2D eigenvalue weighted by Crippen LogP contribution is 2.31. The highest BCUT2D eigenvalue weighted by Gasteiger charge is 2.35. The minimum Gasteiger partial charge on any atom is -0.445 e. The van der Waals surface area contributed by atoms with Gasteiger partial charge in [0, 0.05) is 57.0 Å². The van der Waals surface area contributed by atoms with Crippen molar-refractivity contribution in [3.63, 3.8) is 0 Å². The summed E-state index contributed by atoms with van der Waals surface area (Å²) in [5.74, 6) is -2.64. The zero-order valence-corrected chi connectivity index (χ0v) is 26.8. The van der Waals surface area contributed by atoms with Gasteiger partial charge in [-0.2, -0.15) is 8.99 Å². The lowest BCUT2D eigenvalue weighted by Gasteiger charge is -2.27. The molecular formula is C31H38F2N6O6S. The first-order valence-corrected chi connectivity index (χ1v) is 16.6. The molecule has 12 nitrogen and oxygen atoms in total. The highest BCUT2D eigenvalue weighted by molar-refractivity contribution is 7.89. The molecule has 0 aliphatic carbocycles. The van der Waals surface area contributed by atoms with E-state index in [9.17, 15) is 26.8 Å². The molecule has 0 unspecified atom stereocenters. The number of carbonyl (C=O) groups excluding carboxylic acids is 2. The van der Waals surface area contributed by atoms with Crippen LogP contribution in [0.4, 0.5) is 25.1 Å². The molecule has 46 heavy (non-hydrogen) atoms. The van der Waals surface area contributed by atoms with E-state index in [4.69, 9.17) is 9.47 Å². The summed E-state index contributed by atoms with van der Waals surface area (Å²) in [5.41, 5.74) is 2.55. The van der Waals surface area contributed by atoms with Crippen molar-refractivity contribution in [2.24, 2.45) is 0 Å². The van der Waals surface area contributed by atoms with Crippen LogP contribution in [0.15, 0.2) is 41.3 Å². The summed E-state index contributed by atoms with van der Waals surface area (Å²) in [5, 5.41) is 10.4. The van der Waals surface area contributed by atoms with Crippen LogP contribution in [-0.4, -0.2) is 85.4 Å². The molecule has 0 radical (unpaired) electrons. The maximum atomic E-state index is 13.9. The summed E-state index contributed by atoms with van der Waals surface area (Å²) in [6.07, 6.45) is 1.08. The quantitative estimate of drug-likeness (QED) is 0.290. The maximum absolute atomic E-state index is 13.9. The summed E-state index contributed by atoms with van der Waals surface area (Å²) in [7, 11) is -2.77. The monoisotopic (exact) mass is 660 g/mol. The van der Waals surface area contributed by atoms with Crippen LogP contribution >= 0.6 is 0 Å². The van der Waals surface area contributed by atoms with Crippen molar-refractivity contribution in [1.82, 2.24) is 19.0 Å². The number of likely N-dealkylation sites (tertiary alicyclic amines) is 1. The van der Waals surface area contributed by atoms with Crippen molar-refractivity contribution in [3.8, 4) is 0 Å². The van der Waals surface area contributed by atoms with Crippen LogP contribution < -0.4 is 10.6 Å². The van der Waals surface area contributed by atoms with E-state index in [2.05, 4.69) is 20.6 Å². The number of sulfonamides is 1. The number of carbonyl (C=O) groups is 2. The lowest BCUT2D eigenvalue weighted by Crippen LogP contribution is -2.37. The Kier molecular flexibility index (Phi) is 10.4. The number of nitrogens with one attached hydrogen (secondary N) is 2. The third kappa shape index (κ3) is 7.54. The van der Waals surface area contributed by atoms with Gasteiger partial charge in [0.25, 0.3) is 5.91 Å². The molecular weight excluding hydrogens is 622 g/mol. The molecule has 2 aromatic carbocycles. The number of hydrogen-bond acceptors (Lipinski definition) is 9. The Hall–Kier alpha value is -3.92. The zero-order chi connectivity index (χ0) is 33.0. The van der Waals surface area contributed by atoms with Crippen LogP contribution in [0.25, 0.3) is 0 Å². The van der Waals surface area contributed by atoms with Gasteiger partial charge in [-0.15, -0.1) is 5.10 Å². The van der Waals surface area contributed by atoms with Crippen LogP contribution in [0.3, 0.4) is 0 Å². The maximum Gasteiger partial charge on any atom is 0.435 e. The van der Waals surface area contributed by atoms with E-state index in [1.54, 1.807) is 27.0 Å². The standard InChI is InChI=1S/C31H38F2N6O6S/c1-20(2)45-31(41)39-28-8-12-38(46(42,43)24-16-22(32)15-23(33)17-24)19-26(28)29(36-39)35-30(40)25-7-6-21(18-37-10-4-5-11-37)14-27(25)34-9-13-44-3/h6-7,14-17,20,34H,4-5,8-13,18-19H2,1-3H3,(H,35,36,40). The number of nitrogens with zero attached hydrogens (tertiary/aromatic N) is 4. The Morgan fingerprint density at radius 1 is 1.04 bits per heavy atom. The molecule has 0 saturated carbocycles. The first kappa shape index (κ1) is 33.4. The smallest absolute Gasteiger partial charge is 0.435 e. The Morgan fingerprint density at radius 2 is 1.76 bits per heavy atom. The highest BCUT2D eigenvalue weighted by atomic mass is 32.2.